The largest absolute Gasteiger partial charge is 0.326 e. The number of amides is 1. The van der Waals surface area contributed by atoms with Crippen molar-refractivity contribution in [2.75, 3.05) is 5.32 Å². The van der Waals surface area contributed by atoms with E-state index in [9.17, 15) is 9.59 Å². The average molecular weight is 460 g/mol. The lowest BCUT2D eigenvalue weighted by Gasteiger charge is -2.18. The van der Waals surface area contributed by atoms with Gasteiger partial charge in [0.2, 0.25) is 5.91 Å². The van der Waals surface area contributed by atoms with Gasteiger partial charge in [-0.1, -0.05) is 74.8 Å². The Morgan fingerprint density at radius 3 is 2.39 bits per heavy atom. The highest BCUT2D eigenvalue weighted by Crippen LogP contribution is 2.27. The highest BCUT2D eigenvalue weighted by Gasteiger charge is 2.21. The first-order valence-corrected chi connectivity index (χ1v) is 11.2. The number of fused-ring (bicyclic) bond motifs is 1. The van der Waals surface area contributed by atoms with Crippen LogP contribution in [-0.4, -0.2) is 15.5 Å². The van der Waals surface area contributed by atoms with E-state index in [2.05, 4.69) is 10.3 Å². The summed E-state index contributed by atoms with van der Waals surface area (Å²) in [5.74, 6) is 0.523. The topological polar surface area (TPSA) is 64.0 Å². The molecule has 1 amide bonds. The number of anilines is 1. The molecule has 0 spiro atoms. The Kier molecular flexibility index (Phi) is 6.09. The maximum absolute atomic E-state index is 13.3. The summed E-state index contributed by atoms with van der Waals surface area (Å²) in [4.78, 5) is 30.3. The van der Waals surface area contributed by atoms with Gasteiger partial charge in [0.1, 0.15) is 5.82 Å². The van der Waals surface area contributed by atoms with Crippen molar-refractivity contribution in [1.29, 1.82) is 0 Å². The maximum atomic E-state index is 13.3. The van der Waals surface area contributed by atoms with E-state index in [0.717, 1.165) is 16.7 Å². The Labute approximate surface area is 198 Å². The quantitative estimate of drug-likeness (QED) is 0.403. The number of aromatic nitrogens is 2. The van der Waals surface area contributed by atoms with Gasteiger partial charge in [0.25, 0.3) is 5.56 Å². The van der Waals surface area contributed by atoms with Crippen LogP contribution in [0.1, 0.15) is 32.2 Å². The van der Waals surface area contributed by atoms with Crippen molar-refractivity contribution >= 4 is 34.1 Å². The van der Waals surface area contributed by atoms with Crippen LogP contribution in [0.15, 0.2) is 71.5 Å². The van der Waals surface area contributed by atoms with Gasteiger partial charge < -0.3 is 5.32 Å². The summed E-state index contributed by atoms with van der Waals surface area (Å²) in [5.41, 5.74) is 3.49. The lowest BCUT2D eigenvalue weighted by molar-refractivity contribution is -0.123. The summed E-state index contributed by atoms with van der Waals surface area (Å²) in [6, 6.07) is 21.0. The van der Waals surface area contributed by atoms with Crippen LogP contribution >= 0.6 is 11.6 Å². The van der Waals surface area contributed by atoms with Gasteiger partial charge in [-0.05, 0) is 42.3 Å². The average Bonchev–Trinajstić information content (AvgIpc) is 2.77. The molecule has 0 saturated carbocycles. The van der Waals surface area contributed by atoms with Crippen molar-refractivity contribution in [3.05, 3.63) is 93.5 Å². The monoisotopic (exact) mass is 459 g/mol. The van der Waals surface area contributed by atoms with Crippen LogP contribution in [0.2, 0.25) is 5.02 Å². The summed E-state index contributed by atoms with van der Waals surface area (Å²) < 4.78 is 1.65. The molecule has 5 nitrogen and oxygen atoms in total. The molecule has 4 aromatic rings. The van der Waals surface area contributed by atoms with Gasteiger partial charge in [0.15, 0.2) is 0 Å². The first-order chi connectivity index (χ1) is 15.6. The summed E-state index contributed by atoms with van der Waals surface area (Å²) in [7, 11) is 0. The number of nitrogens with zero attached hydrogens (tertiary/aromatic N) is 2. The first kappa shape index (κ1) is 22.7. The normalized spacial score (nSPS) is 11.5. The Balaban J connectivity index is 1.65. The zero-order chi connectivity index (χ0) is 23.8. The molecule has 0 unspecified atom stereocenters. The number of rotatable bonds is 4. The van der Waals surface area contributed by atoms with Crippen LogP contribution < -0.4 is 10.9 Å². The van der Waals surface area contributed by atoms with Crippen molar-refractivity contribution in [2.45, 2.75) is 34.2 Å². The molecule has 0 atom stereocenters. The van der Waals surface area contributed by atoms with E-state index < -0.39 is 5.41 Å². The standard InChI is InChI=1S/C27H26ClN3O2/c1-17-29-24-14-13-20(30-26(33)27(2,3)4)15-22(24)25(32)31(17)16-18-9-11-19(12-10-18)21-7-5-6-8-23(21)28/h5-15H,16H2,1-4H3,(H,30,33). The molecule has 3 aromatic carbocycles. The molecule has 0 radical (unpaired) electrons. The Hall–Kier alpha value is -3.44. The highest BCUT2D eigenvalue weighted by atomic mass is 35.5. The number of carbonyl (C=O) groups excluding carboxylic acids is 1. The zero-order valence-electron chi connectivity index (χ0n) is 19.1. The summed E-state index contributed by atoms with van der Waals surface area (Å²) in [6.07, 6.45) is 0. The van der Waals surface area contributed by atoms with Gasteiger partial charge in [-0.15, -0.1) is 0 Å². The van der Waals surface area contributed by atoms with Gasteiger partial charge in [0, 0.05) is 21.7 Å². The molecule has 33 heavy (non-hydrogen) atoms. The van der Waals surface area contributed by atoms with E-state index >= 15 is 0 Å². The lowest BCUT2D eigenvalue weighted by Crippen LogP contribution is -2.28. The van der Waals surface area contributed by atoms with Crippen molar-refractivity contribution in [1.82, 2.24) is 9.55 Å². The Morgan fingerprint density at radius 1 is 1.03 bits per heavy atom. The van der Waals surface area contributed by atoms with Crippen molar-refractivity contribution < 1.29 is 4.79 Å². The van der Waals surface area contributed by atoms with Gasteiger partial charge in [-0.3, -0.25) is 14.2 Å². The van der Waals surface area contributed by atoms with Crippen LogP contribution in [-0.2, 0) is 11.3 Å². The Bertz CT molecular complexity index is 1400. The maximum Gasteiger partial charge on any atom is 0.261 e. The fourth-order valence-electron chi connectivity index (χ4n) is 3.58. The van der Waals surface area contributed by atoms with Gasteiger partial charge in [-0.2, -0.15) is 0 Å². The van der Waals surface area contributed by atoms with Crippen molar-refractivity contribution in [3.8, 4) is 11.1 Å². The van der Waals surface area contributed by atoms with Gasteiger partial charge in [0.05, 0.1) is 17.4 Å². The number of halogens is 1. The smallest absolute Gasteiger partial charge is 0.261 e. The molecule has 0 bridgehead atoms. The minimum Gasteiger partial charge on any atom is -0.326 e. The SMILES string of the molecule is Cc1nc2ccc(NC(=O)C(C)(C)C)cc2c(=O)n1Cc1ccc(-c2ccccc2Cl)cc1. The molecule has 6 heteroatoms. The van der Waals surface area contributed by atoms with Crippen LogP contribution in [0.3, 0.4) is 0 Å². The number of nitrogens with one attached hydrogen (secondary N) is 1. The third-order valence-corrected chi connectivity index (χ3v) is 5.89. The number of hydrogen-bond donors (Lipinski definition) is 1. The minimum atomic E-state index is -0.531. The number of carbonyl (C=O) groups is 1. The lowest BCUT2D eigenvalue weighted by atomic mass is 9.95. The number of hydrogen-bond acceptors (Lipinski definition) is 3. The fraction of sp³-hybridized carbons (Fsp3) is 0.222. The van der Waals surface area contributed by atoms with Gasteiger partial charge in [-0.25, -0.2) is 4.98 Å². The van der Waals surface area contributed by atoms with Crippen molar-refractivity contribution in [2.24, 2.45) is 5.41 Å². The molecule has 168 valence electrons. The molecular weight excluding hydrogens is 434 g/mol. The third kappa shape index (κ3) is 4.83. The van der Waals surface area contributed by atoms with E-state index in [1.807, 2.05) is 76.2 Å². The zero-order valence-corrected chi connectivity index (χ0v) is 19.9. The number of benzene rings is 3. The van der Waals surface area contributed by atoms with Crippen LogP contribution in [0, 0.1) is 12.3 Å². The molecule has 4 rings (SSSR count). The predicted octanol–water partition coefficient (Wildman–Crippen LogP) is 6.06. The Morgan fingerprint density at radius 2 is 1.73 bits per heavy atom. The van der Waals surface area contributed by atoms with Crippen LogP contribution in [0.5, 0.6) is 0 Å². The second kappa shape index (κ2) is 8.83. The van der Waals surface area contributed by atoms with E-state index in [-0.39, 0.29) is 11.5 Å². The predicted molar refractivity (Wildman–Crippen MR) is 135 cm³/mol. The molecule has 0 fully saturated rings. The van der Waals surface area contributed by atoms with Crippen LogP contribution in [0.4, 0.5) is 5.69 Å². The van der Waals surface area contributed by atoms with E-state index in [0.29, 0.717) is 34.0 Å². The molecule has 0 aliphatic rings. The summed E-state index contributed by atoms with van der Waals surface area (Å²) in [6.45, 7) is 7.76. The highest BCUT2D eigenvalue weighted by molar-refractivity contribution is 6.33. The first-order valence-electron chi connectivity index (χ1n) is 10.8. The third-order valence-electron chi connectivity index (χ3n) is 5.56. The van der Waals surface area contributed by atoms with Crippen LogP contribution in [0.25, 0.3) is 22.0 Å². The van der Waals surface area contributed by atoms with E-state index in [1.165, 1.54) is 0 Å². The van der Waals surface area contributed by atoms with E-state index in [4.69, 9.17) is 11.6 Å². The molecule has 1 aromatic heterocycles. The molecule has 1 N–H and O–H groups in total. The molecule has 0 saturated heterocycles. The molecule has 0 aliphatic carbocycles. The number of aryl methyl sites for hydroxylation is 1. The fourth-order valence-corrected chi connectivity index (χ4v) is 3.83. The second-order valence-electron chi connectivity index (χ2n) is 9.16. The summed E-state index contributed by atoms with van der Waals surface area (Å²) >= 11 is 6.31. The van der Waals surface area contributed by atoms with Crippen molar-refractivity contribution in [3.63, 3.8) is 0 Å². The summed E-state index contributed by atoms with van der Waals surface area (Å²) in [5, 5.41) is 4.06. The van der Waals surface area contributed by atoms with E-state index in [1.54, 1.807) is 22.8 Å². The molecule has 0 aliphatic heterocycles. The van der Waals surface area contributed by atoms with Gasteiger partial charge >= 0.3 is 0 Å². The second-order valence-corrected chi connectivity index (χ2v) is 9.57. The molecule has 1 heterocycles. The molecular formula is C27H26ClN3O2. The minimum absolute atomic E-state index is 0.110.